The number of likely N-dealkylation sites (tertiary alicyclic amines) is 1. The number of aryl methyl sites for hydroxylation is 1. The summed E-state index contributed by atoms with van der Waals surface area (Å²) in [6.45, 7) is 5.60. The highest BCUT2D eigenvalue weighted by atomic mass is 16.4. The summed E-state index contributed by atoms with van der Waals surface area (Å²) < 4.78 is 1.69. The lowest BCUT2D eigenvalue weighted by Gasteiger charge is -2.17. The molecular weight excluding hydrogens is 244 g/mol. The first-order valence-electron chi connectivity index (χ1n) is 6.54. The van der Waals surface area contributed by atoms with Crippen LogP contribution in [0.3, 0.4) is 0 Å². The molecule has 0 amide bonds. The molecule has 0 radical (unpaired) electrons. The zero-order chi connectivity index (χ0) is 13.8. The Balaban J connectivity index is 2.21. The molecule has 0 unspecified atom stereocenters. The number of oxime groups is 1. The van der Waals surface area contributed by atoms with Crippen molar-refractivity contribution in [1.82, 2.24) is 9.47 Å². The van der Waals surface area contributed by atoms with E-state index in [1.54, 1.807) is 10.6 Å². The standard InChI is InChI=1S/C13H20N4O2/c1-10-4-5-11(12(14)15-19)13(18)17(10)9-8-16-6-2-3-7-16/h4-5,19H,2-3,6-9H2,1H3,(H2,14,15). The molecule has 6 nitrogen and oxygen atoms in total. The fourth-order valence-electron chi connectivity index (χ4n) is 2.45. The average Bonchev–Trinajstić information content (AvgIpc) is 2.91. The van der Waals surface area contributed by atoms with Gasteiger partial charge in [0.25, 0.3) is 5.56 Å². The molecule has 1 aliphatic rings. The second-order valence-corrected chi connectivity index (χ2v) is 4.88. The summed E-state index contributed by atoms with van der Waals surface area (Å²) in [7, 11) is 0. The Morgan fingerprint density at radius 3 is 2.68 bits per heavy atom. The summed E-state index contributed by atoms with van der Waals surface area (Å²) in [6, 6.07) is 3.41. The van der Waals surface area contributed by atoms with Gasteiger partial charge in [0.1, 0.15) is 0 Å². The van der Waals surface area contributed by atoms with Crippen LogP contribution in [0.15, 0.2) is 22.1 Å². The first-order valence-corrected chi connectivity index (χ1v) is 6.54. The minimum Gasteiger partial charge on any atom is -0.409 e. The van der Waals surface area contributed by atoms with Gasteiger partial charge in [0.2, 0.25) is 0 Å². The van der Waals surface area contributed by atoms with Gasteiger partial charge >= 0.3 is 0 Å². The Kier molecular flexibility index (Phi) is 4.21. The van der Waals surface area contributed by atoms with Crippen LogP contribution in [0.2, 0.25) is 0 Å². The van der Waals surface area contributed by atoms with Gasteiger partial charge in [-0.3, -0.25) is 4.79 Å². The van der Waals surface area contributed by atoms with Crippen LogP contribution in [0.25, 0.3) is 0 Å². The number of hydrogen-bond acceptors (Lipinski definition) is 4. The van der Waals surface area contributed by atoms with E-state index >= 15 is 0 Å². The van der Waals surface area contributed by atoms with Crippen molar-refractivity contribution in [1.29, 1.82) is 0 Å². The van der Waals surface area contributed by atoms with Gasteiger partial charge < -0.3 is 20.4 Å². The van der Waals surface area contributed by atoms with Crippen molar-refractivity contribution >= 4 is 5.84 Å². The topological polar surface area (TPSA) is 83.9 Å². The molecule has 2 rings (SSSR count). The molecule has 19 heavy (non-hydrogen) atoms. The average molecular weight is 264 g/mol. The lowest BCUT2D eigenvalue weighted by atomic mass is 10.2. The van der Waals surface area contributed by atoms with E-state index in [2.05, 4.69) is 10.1 Å². The van der Waals surface area contributed by atoms with E-state index in [0.29, 0.717) is 6.54 Å². The van der Waals surface area contributed by atoms with Gasteiger partial charge in [0.15, 0.2) is 5.84 Å². The molecule has 1 aliphatic heterocycles. The van der Waals surface area contributed by atoms with Gasteiger partial charge in [-0.05, 0) is 45.0 Å². The van der Waals surface area contributed by atoms with E-state index in [1.165, 1.54) is 12.8 Å². The number of pyridine rings is 1. The second kappa shape index (κ2) is 5.88. The first-order chi connectivity index (χ1) is 9.13. The van der Waals surface area contributed by atoms with E-state index < -0.39 is 0 Å². The van der Waals surface area contributed by atoms with Crippen LogP contribution in [0.4, 0.5) is 0 Å². The van der Waals surface area contributed by atoms with E-state index in [0.717, 1.165) is 25.3 Å². The first kappa shape index (κ1) is 13.6. The van der Waals surface area contributed by atoms with E-state index in [9.17, 15) is 4.79 Å². The van der Waals surface area contributed by atoms with Gasteiger partial charge in [-0.25, -0.2) is 0 Å². The number of aromatic nitrogens is 1. The molecule has 3 N–H and O–H groups in total. The fourth-order valence-corrected chi connectivity index (χ4v) is 2.45. The van der Waals surface area contributed by atoms with Crippen LogP contribution < -0.4 is 11.3 Å². The van der Waals surface area contributed by atoms with Crippen LogP contribution in [0.1, 0.15) is 24.1 Å². The molecule has 0 aliphatic carbocycles. The third kappa shape index (κ3) is 2.96. The quantitative estimate of drug-likeness (QED) is 0.356. The molecule has 1 aromatic rings. The molecular formula is C13H20N4O2. The number of amidine groups is 1. The largest absolute Gasteiger partial charge is 0.409 e. The Labute approximate surface area is 112 Å². The van der Waals surface area contributed by atoms with E-state index in [4.69, 9.17) is 10.9 Å². The maximum Gasteiger partial charge on any atom is 0.261 e. The molecule has 104 valence electrons. The number of nitrogens with two attached hydrogens (primary N) is 1. The number of nitrogens with zero attached hydrogens (tertiary/aromatic N) is 3. The third-order valence-electron chi connectivity index (χ3n) is 3.61. The zero-order valence-corrected chi connectivity index (χ0v) is 11.2. The molecule has 1 saturated heterocycles. The van der Waals surface area contributed by atoms with E-state index in [1.807, 2.05) is 13.0 Å². The zero-order valence-electron chi connectivity index (χ0n) is 11.2. The van der Waals surface area contributed by atoms with Crippen molar-refractivity contribution in [2.45, 2.75) is 26.3 Å². The molecule has 0 aromatic carbocycles. The van der Waals surface area contributed by atoms with Crippen LogP contribution in [-0.2, 0) is 6.54 Å². The molecule has 1 aromatic heterocycles. The normalized spacial score (nSPS) is 17.0. The summed E-state index contributed by atoms with van der Waals surface area (Å²) >= 11 is 0. The molecule has 2 heterocycles. The van der Waals surface area contributed by atoms with Crippen molar-refractivity contribution in [3.8, 4) is 0 Å². The van der Waals surface area contributed by atoms with Crippen LogP contribution in [0, 0.1) is 6.92 Å². The Bertz CT molecular complexity index is 530. The lowest BCUT2D eigenvalue weighted by molar-refractivity contribution is 0.317. The predicted octanol–water partition coefficient (Wildman–Crippen LogP) is 0.347. The minimum absolute atomic E-state index is 0.139. The molecule has 0 atom stereocenters. The molecule has 1 fully saturated rings. The van der Waals surface area contributed by atoms with Crippen LogP contribution in [0.5, 0.6) is 0 Å². The highest BCUT2D eigenvalue weighted by Gasteiger charge is 2.14. The van der Waals surface area contributed by atoms with Crippen molar-refractivity contribution in [3.05, 3.63) is 33.7 Å². The third-order valence-corrected chi connectivity index (χ3v) is 3.61. The van der Waals surface area contributed by atoms with Crippen LogP contribution >= 0.6 is 0 Å². The fraction of sp³-hybridized carbons (Fsp3) is 0.538. The van der Waals surface area contributed by atoms with Crippen molar-refractivity contribution < 1.29 is 5.21 Å². The summed E-state index contributed by atoms with van der Waals surface area (Å²) in [5, 5.41) is 11.6. The van der Waals surface area contributed by atoms with Crippen molar-refractivity contribution in [2.75, 3.05) is 19.6 Å². The number of rotatable bonds is 4. The molecule has 0 saturated carbocycles. The molecule has 0 spiro atoms. The summed E-state index contributed by atoms with van der Waals surface area (Å²) in [4.78, 5) is 14.6. The predicted molar refractivity (Wildman–Crippen MR) is 73.6 cm³/mol. The lowest BCUT2D eigenvalue weighted by Crippen LogP contribution is -2.34. The SMILES string of the molecule is Cc1ccc(/C(N)=N/O)c(=O)n1CCN1CCCC1. The Hall–Kier alpha value is -1.82. The molecule has 6 heteroatoms. The van der Waals surface area contributed by atoms with Gasteiger partial charge in [-0.2, -0.15) is 0 Å². The van der Waals surface area contributed by atoms with Gasteiger partial charge in [0, 0.05) is 18.8 Å². The monoisotopic (exact) mass is 264 g/mol. The molecule has 0 bridgehead atoms. The second-order valence-electron chi connectivity index (χ2n) is 4.88. The smallest absolute Gasteiger partial charge is 0.261 e. The van der Waals surface area contributed by atoms with Gasteiger partial charge in [-0.15, -0.1) is 0 Å². The van der Waals surface area contributed by atoms with E-state index in [-0.39, 0.29) is 17.0 Å². The summed E-state index contributed by atoms with van der Waals surface area (Å²) in [5.74, 6) is -0.139. The number of hydrogen-bond donors (Lipinski definition) is 2. The summed E-state index contributed by atoms with van der Waals surface area (Å²) in [6.07, 6.45) is 2.47. The minimum atomic E-state index is -0.200. The Morgan fingerprint density at radius 1 is 1.37 bits per heavy atom. The van der Waals surface area contributed by atoms with Crippen LogP contribution in [-0.4, -0.2) is 40.1 Å². The van der Waals surface area contributed by atoms with Gasteiger partial charge in [-0.1, -0.05) is 5.16 Å². The maximum absolute atomic E-state index is 12.3. The maximum atomic E-state index is 12.3. The highest BCUT2D eigenvalue weighted by molar-refractivity contribution is 5.96. The van der Waals surface area contributed by atoms with Crippen molar-refractivity contribution in [2.24, 2.45) is 10.9 Å². The Morgan fingerprint density at radius 2 is 2.05 bits per heavy atom. The summed E-state index contributed by atoms with van der Waals surface area (Å²) in [5.41, 5.74) is 6.44. The van der Waals surface area contributed by atoms with Crippen molar-refractivity contribution in [3.63, 3.8) is 0 Å². The highest BCUT2D eigenvalue weighted by Crippen LogP contribution is 2.07. The van der Waals surface area contributed by atoms with Gasteiger partial charge in [0.05, 0.1) is 5.56 Å².